The van der Waals surface area contributed by atoms with Crippen LogP contribution in [0.1, 0.15) is 13.3 Å². The van der Waals surface area contributed by atoms with Crippen LogP contribution in [-0.4, -0.2) is 47.7 Å². The SMILES string of the molecule is CC(O)(CO)COCCC(F)(F)C(F)(F)F. The molecule has 0 bridgehead atoms. The number of alkyl halides is 5. The van der Waals surface area contributed by atoms with Gasteiger partial charge in [-0.2, -0.15) is 22.0 Å². The van der Waals surface area contributed by atoms with Crippen LogP contribution in [0.25, 0.3) is 0 Å². The first-order chi connectivity index (χ1) is 7.02. The van der Waals surface area contributed by atoms with Crippen molar-refractivity contribution >= 4 is 0 Å². The monoisotopic (exact) mass is 252 g/mol. The van der Waals surface area contributed by atoms with Crippen LogP contribution in [0.15, 0.2) is 0 Å². The van der Waals surface area contributed by atoms with Crippen LogP contribution >= 0.6 is 0 Å². The van der Waals surface area contributed by atoms with E-state index in [-0.39, 0.29) is 0 Å². The zero-order chi connectivity index (χ0) is 13.0. The third-order valence-corrected chi connectivity index (χ3v) is 1.73. The zero-order valence-corrected chi connectivity index (χ0v) is 8.52. The van der Waals surface area contributed by atoms with E-state index in [4.69, 9.17) is 10.2 Å². The van der Waals surface area contributed by atoms with Crippen LogP contribution in [0.4, 0.5) is 22.0 Å². The molecule has 0 aromatic rings. The second-order valence-corrected chi connectivity index (χ2v) is 3.66. The van der Waals surface area contributed by atoms with Gasteiger partial charge in [-0.05, 0) is 6.92 Å². The number of halogens is 5. The third-order valence-electron chi connectivity index (χ3n) is 1.73. The van der Waals surface area contributed by atoms with Gasteiger partial charge in [-0.15, -0.1) is 0 Å². The molecule has 0 fully saturated rings. The number of ether oxygens (including phenoxy) is 1. The van der Waals surface area contributed by atoms with Gasteiger partial charge in [0, 0.05) is 6.42 Å². The van der Waals surface area contributed by atoms with E-state index in [1.807, 2.05) is 0 Å². The fraction of sp³-hybridized carbons (Fsp3) is 1.00. The van der Waals surface area contributed by atoms with E-state index >= 15 is 0 Å². The first-order valence-corrected chi connectivity index (χ1v) is 4.37. The Bertz CT molecular complexity index is 214. The van der Waals surface area contributed by atoms with Gasteiger partial charge < -0.3 is 14.9 Å². The summed E-state index contributed by atoms with van der Waals surface area (Å²) in [5.74, 6) is -4.81. The minimum absolute atomic E-state index is 0.516. The lowest BCUT2D eigenvalue weighted by Gasteiger charge is -2.22. The molecule has 2 N–H and O–H groups in total. The topological polar surface area (TPSA) is 49.7 Å². The molecule has 0 spiro atoms. The van der Waals surface area contributed by atoms with Gasteiger partial charge in [-0.25, -0.2) is 0 Å². The van der Waals surface area contributed by atoms with Gasteiger partial charge in [0.15, 0.2) is 0 Å². The van der Waals surface area contributed by atoms with E-state index in [1.54, 1.807) is 0 Å². The molecule has 0 aliphatic heterocycles. The van der Waals surface area contributed by atoms with Crippen molar-refractivity contribution in [3.8, 4) is 0 Å². The minimum atomic E-state index is -5.60. The highest BCUT2D eigenvalue weighted by atomic mass is 19.4. The summed E-state index contributed by atoms with van der Waals surface area (Å²) in [6, 6.07) is 0. The van der Waals surface area contributed by atoms with E-state index in [9.17, 15) is 22.0 Å². The minimum Gasteiger partial charge on any atom is -0.393 e. The average molecular weight is 252 g/mol. The van der Waals surface area contributed by atoms with E-state index < -0.39 is 43.9 Å². The van der Waals surface area contributed by atoms with Gasteiger partial charge in [-0.3, -0.25) is 0 Å². The summed E-state index contributed by atoms with van der Waals surface area (Å²) < 4.78 is 64.1. The van der Waals surface area contributed by atoms with E-state index in [0.29, 0.717) is 0 Å². The summed E-state index contributed by atoms with van der Waals surface area (Å²) in [7, 11) is 0. The van der Waals surface area contributed by atoms with Crippen molar-refractivity contribution in [2.24, 2.45) is 0 Å². The number of hydrogen-bond acceptors (Lipinski definition) is 3. The van der Waals surface area contributed by atoms with Gasteiger partial charge in [0.25, 0.3) is 0 Å². The molecule has 1 unspecified atom stereocenters. The number of aliphatic hydroxyl groups excluding tert-OH is 1. The molecule has 0 rings (SSSR count). The Balaban J connectivity index is 3.92. The molecule has 0 heterocycles. The van der Waals surface area contributed by atoms with Gasteiger partial charge in [0.05, 0.1) is 19.8 Å². The Kier molecular flexibility index (Phi) is 5.09. The lowest BCUT2D eigenvalue weighted by Crippen LogP contribution is -2.39. The molecule has 0 saturated heterocycles. The van der Waals surface area contributed by atoms with Crippen LogP contribution in [-0.2, 0) is 4.74 Å². The molecule has 1 atom stereocenters. The third kappa shape index (κ3) is 5.04. The number of hydrogen-bond donors (Lipinski definition) is 2. The number of aliphatic hydroxyl groups is 2. The van der Waals surface area contributed by atoms with Crippen LogP contribution in [0, 0.1) is 0 Å². The van der Waals surface area contributed by atoms with E-state index in [2.05, 4.69) is 4.74 Å². The smallest absolute Gasteiger partial charge is 0.393 e. The summed E-state index contributed by atoms with van der Waals surface area (Å²) in [4.78, 5) is 0. The molecule has 0 aliphatic rings. The molecule has 0 aromatic heterocycles. The molecule has 98 valence electrons. The van der Waals surface area contributed by atoms with E-state index in [1.165, 1.54) is 0 Å². The molecular weight excluding hydrogens is 239 g/mol. The van der Waals surface area contributed by atoms with Crippen molar-refractivity contribution in [2.45, 2.75) is 31.0 Å². The molecule has 16 heavy (non-hydrogen) atoms. The summed E-state index contributed by atoms with van der Waals surface area (Å²) in [6.45, 7) is -0.891. The maximum absolute atomic E-state index is 12.3. The standard InChI is InChI=1S/C8H13F5O3/c1-6(15,4-14)5-16-3-2-7(9,10)8(11,12)13/h14-15H,2-5H2,1H3. The molecule has 0 aromatic carbocycles. The molecule has 0 radical (unpaired) electrons. The fourth-order valence-corrected chi connectivity index (χ4v) is 0.680. The summed E-state index contributed by atoms with van der Waals surface area (Å²) >= 11 is 0. The van der Waals surface area contributed by atoms with Crippen LogP contribution in [0.5, 0.6) is 0 Å². The lowest BCUT2D eigenvalue weighted by atomic mass is 10.1. The zero-order valence-electron chi connectivity index (χ0n) is 8.52. The first-order valence-electron chi connectivity index (χ1n) is 4.37. The first kappa shape index (κ1) is 15.5. The van der Waals surface area contributed by atoms with Crippen molar-refractivity contribution in [1.29, 1.82) is 0 Å². The van der Waals surface area contributed by atoms with Crippen LogP contribution < -0.4 is 0 Å². The van der Waals surface area contributed by atoms with Crippen LogP contribution in [0.3, 0.4) is 0 Å². The maximum atomic E-state index is 12.3. The predicted octanol–water partition coefficient (Wildman–Crippen LogP) is 1.33. The van der Waals surface area contributed by atoms with Crippen LogP contribution in [0.2, 0.25) is 0 Å². The summed E-state index contributed by atoms with van der Waals surface area (Å²) in [5, 5.41) is 17.7. The maximum Gasteiger partial charge on any atom is 0.453 e. The van der Waals surface area contributed by atoms with Gasteiger partial charge in [-0.1, -0.05) is 0 Å². The highest BCUT2D eigenvalue weighted by Crippen LogP contribution is 2.37. The Labute approximate surface area is 88.8 Å². The molecule has 8 heteroatoms. The average Bonchev–Trinajstić information content (AvgIpc) is 2.11. The number of rotatable bonds is 6. The second-order valence-electron chi connectivity index (χ2n) is 3.66. The van der Waals surface area contributed by atoms with Gasteiger partial charge in [0.1, 0.15) is 5.60 Å². The molecular formula is C8H13F5O3. The summed E-state index contributed by atoms with van der Waals surface area (Å²) in [5.41, 5.74) is -1.65. The fourth-order valence-electron chi connectivity index (χ4n) is 0.680. The molecule has 0 saturated carbocycles. The molecule has 3 nitrogen and oxygen atoms in total. The molecule has 0 aliphatic carbocycles. The summed E-state index contributed by atoms with van der Waals surface area (Å²) in [6.07, 6.45) is -7.12. The Morgan fingerprint density at radius 3 is 2.00 bits per heavy atom. The Hall–Kier alpha value is -0.470. The normalized spacial score (nSPS) is 17.2. The van der Waals surface area contributed by atoms with Crippen molar-refractivity contribution in [1.82, 2.24) is 0 Å². The highest BCUT2D eigenvalue weighted by Gasteiger charge is 2.56. The predicted molar refractivity (Wildman–Crippen MR) is 44.1 cm³/mol. The Morgan fingerprint density at radius 1 is 1.12 bits per heavy atom. The Morgan fingerprint density at radius 2 is 1.62 bits per heavy atom. The second kappa shape index (κ2) is 5.24. The van der Waals surface area contributed by atoms with Crippen molar-refractivity contribution < 1.29 is 36.9 Å². The largest absolute Gasteiger partial charge is 0.453 e. The van der Waals surface area contributed by atoms with Crippen molar-refractivity contribution in [2.75, 3.05) is 19.8 Å². The highest BCUT2D eigenvalue weighted by molar-refractivity contribution is 4.76. The van der Waals surface area contributed by atoms with Gasteiger partial charge >= 0.3 is 12.1 Å². The lowest BCUT2D eigenvalue weighted by molar-refractivity contribution is -0.287. The quantitative estimate of drug-likeness (QED) is 0.554. The van der Waals surface area contributed by atoms with Crippen molar-refractivity contribution in [3.63, 3.8) is 0 Å². The molecule has 0 amide bonds. The van der Waals surface area contributed by atoms with Crippen molar-refractivity contribution in [3.05, 3.63) is 0 Å². The van der Waals surface area contributed by atoms with Gasteiger partial charge in [0.2, 0.25) is 0 Å². The van der Waals surface area contributed by atoms with E-state index in [0.717, 1.165) is 6.92 Å².